The third kappa shape index (κ3) is 4.63. The topological polar surface area (TPSA) is 72.5 Å². The van der Waals surface area contributed by atoms with Gasteiger partial charge in [0.05, 0.1) is 25.0 Å². The van der Waals surface area contributed by atoms with Gasteiger partial charge < -0.3 is 10.1 Å². The van der Waals surface area contributed by atoms with Gasteiger partial charge in [-0.05, 0) is 32.2 Å². The van der Waals surface area contributed by atoms with E-state index in [2.05, 4.69) is 10.1 Å². The Morgan fingerprint density at radius 2 is 2.06 bits per heavy atom. The Balaban J connectivity index is 2.55. The lowest BCUT2D eigenvalue weighted by molar-refractivity contribution is -0.141. The molecule has 100 valence electrons. The first-order chi connectivity index (χ1) is 7.82. The Labute approximate surface area is 103 Å². The lowest BCUT2D eigenvalue weighted by Crippen LogP contribution is -2.33. The molecule has 0 aliphatic heterocycles. The number of rotatable bonds is 7. The second-order valence-corrected chi connectivity index (χ2v) is 7.11. The van der Waals surface area contributed by atoms with E-state index < -0.39 is 9.84 Å². The fourth-order valence-electron chi connectivity index (χ4n) is 1.92. The highest BCUT2D eigenvalue weighted by Crippen LogP contribution is 2.50. The van der Waals surface area contributed by atoms with Crippen LogP contribution in [0.1, 0.15) is 26.2 Å². The Morgan fingerprint density at radius 1 is 1.47 bits per heavy atom. The third-order valence-electron chi connectivity index (χ3n) is 3.23. The van der Waals surface area contributed by atoms with Gasteiger partial charge in [-0.15, -0.1) is 0 Å². The highest BCUT2D eigenvalue weighted by Gasteiger charge is 2.47. The average Bonchev–Trinajstić information content (AvgIpc) is 2.95. The van der Waals surface area contributed by atoms with Crippen LogP contribution in [0.5, 0.6) is 0 Å². The maximum absolute atomic E-state index is 11.9. The molecule has 1 aliphatic rings. The van der Waals surface area contributed by atoms with Crippen LogP contribution >= 0.6 is 0 Å². The summed E-state index contributed by atoms with van der Waals surface area (Å²) in [5.74, 6) is -0.104. The summed E-state index contributed by atoms with van der Waals surface area (Å²) >= 11 is 0. The summed E-state index contributed by atoms with van der Waals surface area (Å²) in [6, 6.07) is -0.0612. The number of hydrogen-bond donors (Lipinski definition) is 1. The molecule has 0 bridgehead atoms. The summed E-state index contributed by atoms with van der Waals surface area (Å²) in [5, 5.41) is 2.91. The first kappa shape index (κ1) is 14.4. The fourth-order valence-corrected chi connectivity index (χ4v) is 4.29. The first-order valence-corrected chi connectivity index (χ1v) is 7.59. The van der Waals surface area contributed by atoms with Crippen molar-refractivity contribution in [1.82, 2.24) is 5.32 Å². The second-order valence-electron chi connectivity index (χ2n) is 5.00. The molecule has 0 saturated heterocycles. The van der Waals surface area contributed by atoms with Crippen molar-refractivity contribution < 1.29 is 17.9 Å². The Morgan fingerprint density at radius 3 is 2.47 bits per heavy atom. The predicted octanol–water partition coefficient (Wildman–Crippen LogP) is 0.352. The SMILES string of the molecule is CNC(C)CS(=O)(=O)CC1(CC(=O)OC)CC1. The molecule has 0 aromatic rings. The molecule has 0 aromatic heterocycles. The van der Waals surface area contributed by atoms with Gasteiger partial charge in [-0.2, -0.15) is 0 Å². The van der Waals surface area contributed by atoms with Crippen molar-refractivity contribution >= 4 is 15.8 Å². The summed E-state index contributed by atoms with van der Waals surface area (Å²) < 4.78 is 28.5. The van der Waals surface area contributed by atoms with Crippen LogP contribution in [0.2, 0.25) is 0 Å². The highest BCUT2D eigenvalue weighted by atomic mass is 32.2. The lowest BCUT2D eigenvalue weighted by atomic mass is 10.1. The van der Waals surface area contributed by atoms with E-state index in [1.54, 1.807) is 7.05 Å². The molecule has 1 aliphatic carbocycles. The summed E-state index contributed by atoms with van der Waals surface area (Å²) in [6.45, 7) is 1.83. The van der Waals surface area contributed by atoms with Gasteiger partial charge in [0.15, 0.2) is 9.84 Å². The minimum absolute atomic E-state index is 0.0612. The van der Waals surface area contributed by atoms with E-state index >= 15 is 0 Å². The molecular formula is C11H21NO4S. The van der Waals surface area contributed by atoms with Crippen molar-refractivity contribution in [2.75, 3.05) is 25.7 Å². The Hall–Kier alpha value is -0.620. The molecule has 1 N–H and O–H groups in total. The van der Waals surface area contributed by atoms with Gasteiger partial charge in [0.1, 0.15) is 0 Å². The molecule has 1 rings (SSSR count). The Bertz CT molecular complexity index is 373. The summed E-state index contributed by atoms with van der Waals surface area (Å²) in [7, 11) is -0.0452. The molecule has 0 aromatic carbocycles. The standard InChI is InChI=1S/C11H21NO4S/c1-9(12-2)7-17(14,15)8-11(4-5-11)6-10(13)16-3/h9,12H,4-8H2,1-3H3. The van der Waals surface area contributed by atoms with Crippen LogP contribution in [-0.4, -0.2) is 46.1 Å². The van der Waals surface area contributed by atoms with Crippen molar-refractivity contribution in [2.24, 2.45) is 5.41 Å². The summed E-state index contributed by atoms with van der Waals surface area (Å²) in [5.41, 5.74) is -0.348. The largest absolute Gasteiger partial charge is 0.469 e. The van der Waals surface area contributed by atoms with Gasteiger partial charge in [-0.25, -0.2) is 8.42 Å². The van der Waals surface area contributed by atoms with Crippen LogP contribution in [0.25, 0.3) is 0 Å². The lowest BCUT2D eigenvalue weighted by Gasteiger charge is -2.16. The normalized spacial score (nSPS) is 19.7. The maximum atomic E-state index is 11.9. The summed E-state index contributed by atoms with van der Waals surface area (Å²) in [6.07, 6.45) is 1.82. The third-order valence-corrected chi connectivity index (χ3v) is 5.29. The molecule has 6 heteroatoms. The summed E-state index contributed by atoms with van der Waals surface area (Å²) in [4.78, 5) is 11.2. The molecule has 0 heterocycles. The maximum Gasteiger partial charge on any atom is 0.306 e. The molecule has 5 nitrogen and oxygen atoms in total. The van der Waals surface area contributed by atoms with E-state index in [1.807, 2.05) is 6.92 Å². The van der Waals surface area contributed by atoms with Gasteiger partial charge in [0, 0.05) is 6.04 Å². The zero-order chi connectivity index (χ0) is 13.1. The Kier molecular flexibility index (Phi) is 4.55. The van der Waals surface area contributed by atoms with Crippen LogP contribution in [-0.2, 0) is 19.4 Å². The van der Waals surface area contributed by atoms with Gasteiger partial charge in [0.2, 0.25) is 0 Å². The van der Waals surface area contributed by atoms with Crippen molar-refractivity contribution in [2.45, 2.75) is 32.2 Å². The van der Waals surface area contributed by atoms with Crippen molar-refractivity contribution in [3.63, 3.8) is 0 Å². The molecule has 0 amide bonds. The van der Waals surface area contributed by atoms with Crippen LogP contribution in [0.15, 0.2) is 0 Å². The minimum Gasteiger partial charge on any atom is -0.469 e. The van der Waals surface area contributed by atoms with Crippen molar-refractivity contribution in [3.8, 4) is 0 Å². The van der Waals surface area contributed by atoms with Gasteiger partial charge in [-0.3, -0.25) is 4.79 Å². The molecular weight excluding hydrogens is 242 g/mol. The van der Waals surface area contributed by atoms with Crippen LogP contribution < -0.4 is 5.32 Å². The fraction of sp³-hybridized carbons (Fsp3) is 0.909. The van der Waals surface area contributed by atoms with Gasteiger partial charge in [-0.1, -0.05) is 0 Å². The number of ether oxygens (including phenoxy) is 1. The van der Waals surface area contributed by atoms with Crippen LogP contribution in [0.3, 0.4) is 0 Å². The molecule has 1 saturated carbocycles. The second kappa shape index (κ2) is 5.35. The number of esters is 1. The van der Waals surface area contributed by atoms with E-state index in [1.165, 1.54) is 7.11 Å². The average molecular weight is 263 g/mol. The van der Waals surface area contributed by atoms with Crippen molar-refractivity contribution in [3.05, 3.63) is 0 Å². The molecule has 1 atom stereocenters. The van der Waals surface area contributed by atoms with Crippen LogP contribution in [0, 0.1) is 5.41 Å². The number of sulfone groups is 1. The van der Waals surface area contributed by atoms with E-state index in [-0.39, 0.29) is 35.4 Å². The number of hydrogen-bond acceptors (Lipinski definition) is 5. The zero-order valence-electron chi connectivity index (χ0n) is 10.7. The van der Waals surface area contributed by atoms with Gasteiger partial charge >= 0.3 is 5.97 Å². The molecule has 0 spiro atoms. The quantitative estimate of drug-likeness (QED) is 0.671. The molecule has 1 fully saturated rings. The first-order valence-electron chi connectivity index (χ1n) is 5.77. The molecule has 17 heavy (non-hydrogen) atoms. The number of nitrogens with one attached hydrogen (secondary N) is 1. The molecule has 1 unspecified atom stereocenters. The van der Waals surface area contributed by atoms with E-state index in [0.717, 1.165) is 12.8 Å². The highest BCUT2D eigenvalue weighted by molar-refractivity contribution is 7.91. The minimum atomic E-state index is -3.11. The number of methoxy groups -OCH3 is 1. The monoisotopic (exact) mass is 263 g/mol. The number of carbonyl (C=O) groups excluding carboxylic acids is 1. The zero-order valence-corrected chi connectivity index (χ0v) is 11.5. The van der Waals surface area contributed by atoms with Gasteiger partial charge in [0.25, 0.3) is 0 Å². The van der Waals surface area contributed by atoms with Crippen molar-refractivity contribution in [1.29, 1.82) is 0 Å². The van der Waals surface area contributed by atoms with E-state index in [0.29, 0.717) is 0 Å². The molecule has 0 radical (unpaired) electrons. The smallest absolute Gasteiger partial charge is 0.306 e. The van der Waals surface area contributed by atoms with E-state index in [9.17, 15) is 13.2 Å². The van der Waals surface area contributed by atoms with Crippen LogP contribution in [0.4, 0.5) is 0 Å². The predicted molar refractivity (Wildman–Crippen MR) is 65.5 cm³/mol. The number of carbonyl (C=O) groups is 1. The van der Waals surface area contributed by atoms with E-state index in [4.69, 9.17) is 0 Å².